The molecular formula is C21H17ClF2O2. The lowest BCUT2D eigenvalue weighted by atomic mass is 10.0. The highest BCUT2D eigenvalue weighted by Crippen LogP contribution is 2.24. The van der Waals surface area contributed by atoms with Gasteiger partial charge in [-0.05, 0) is 59.2 Å². The van der Waals surface area contributed by atoms with E-state index in [0.29, 0.717) is 23.3 Å². The minimum Gasteiger partial charge on any atom is -0.489 e. The Balaban J connectivity index is 0.00000243. The summed E-state index contributed by atoms with van der Waals surface area (Å²) >= 11 is 0. The summed E-state index contributed by atoms with van der Waals surface area (Å²) in [5.74, 6) is -0.0530. The third-order valence-corrected chi connectivity index (χ3v) is 3.79. The van der Waals surface area contributed by atoms with E-state index in [1.54, 1.807) is 36.4 Å². The molecule has 0 saturated carbocycles. The number of aldehydes is 1. The van der Waals surface area contributed by atoms with Crippen LogP contribution in [0.15, 0.2) is 66.7 Å². The Kier molecular flexibility index (Phi) is 6.87. The largest absolute Gasteiger partial charge is 0.489 e. The molecule has 0 aromatic heterocycles. The normalized spacial score (nSPS) is 10.1. The molecule has 0 bridgehead atoms. The van der Waals surface area contributed by atoms with Crippen molar-refractivity contribution in [3.05, 3.63) is 101 Å². The Bertz CT molecular complexity index is 897. The molecular weight excluding hydrogens is 358 g/mol. The quantitative estimate of drug-likeness (QED) is 0.542. The van der Waals surface area contributed by atoms with Crippen LogP contribution in [-0.4, -0.2) is 6.29 Å². The van der Waals surface area contributed by atoms with E-state index in [9.17, 15) is 13.6 Å². The van der Waals surface area contributed by atoms with Crippen molar-refractivity contribution in [2.75, 3.05) is 0 Å². The fourth-order valence-electron chi connectivity index (χ4n) is 2.61. The molecule has 0 spiro atoms. The molecule has 0 N–H and O–H groups in total. The average molecular weight is 375 g/mol. The molecule has 0 unspecified atom stereocenters. The maximum atomic E-state index is 13.4. The molecule has 3 rings (SSSR count). The van der Waals surface area contributed by atoms with Gasteiger partial charge < -0.3 is 4.74 Å². The molecule has 5 heteroatoms. The van der Waals surface area contributed by atoms with Gasteiger partial charge in [0.2, 0.25) is 0 Å². The third kappa shape index (κ3) is 5.14. The minimum atomic E-state index is -0.322. The highest BCUT2D eigenvalue weighted by atomic mass is 35.5. The smallest absolute Gasteiger partial charge is 0.150 e. The molecule has 3 aromatic rings. The van der Waals surface area contributed by atoms with Gasteiger partial charge in [-0.1, -0.05) is 24.3 Å². The molecule has 0 aliphatic rings. The lowest BCUT2D eigenvalue weighted by Gasteiger charge is -2.13. The summed E-state index contributed by atoms with van der Waals surface area (Å²) in [6, 6.07) is 17.5. The van der Waals surface area contributed by atoms with Gasteiger partial charge >= 0.3 is 0 Å². The average Bonchev–Trinajstić information content (AvgIpc) is 2.60. The van der Waals surface area contributed by atoms with Gasteiger partial charge in [-0.25, -0.2) is 8.78 Å². The Hall–Kier alpha value is -2.72. The number of ether oxygens (including phenoxy) is 1. The number of carbonyl (C=O) groups excluding carboxylic acids is 1. The second kappa shape index (κ2) is 9.11. The maximum absolute atomic E-state index is 13.4. The zero-order chi connectivity index (χ0) is 17.6. The Morgan fingerprint density at radius 3 is 2.15 bits per heavy atom. The van der Waals surface area contributed by atoms with Gasteiger partial charge in [0.1, 0.15) is 30.3 Å². The summed E-state index contributed by atoms with van der Waals surface area (Å²) in [4.78, 5) is 11.1. The second-order valence-corrected chi connectivity index (χ2v) is 5.71. The number of benzene rings is 3. The number of carbonyl (C=O) groups is 1. The summed E-state index contributed by atoms with van der Waals surface area (Å²) < 4.78 is 32.5. The van der Waals surface area contributed by atoms with Crippen LogP contribution in [0.2, 0.25) is 0 Å². The summed E-state index contributed by atoms with van der Waals surface area (Å²) in [6.07, 6.45) is 1.18. The first-order valence-electron chi connectivity index (χ1n) is 7.84. The zero-order valence-electron chi connectivity index (χ0n) is 13.8. The van der Waals surface area contributed by atoms with Crippen molar-refractivity contribution in [3.63, 3.8) is 0 Å². The molecule has 0 amide bonds. The van der Waals surface area contributed by atoms with Gasteiger partial charge in [0.15, 0.2) is 0 Å². The van der Waals surface area contributed by atoms with Crippen LogP contribution in [0.4, 0.5) is 8.78 Å². The zero-order valence-corrected chi connectivity index (χ0v) is 14.6. The van der Waals surface area contributed by atoms with Crippen molar-refractivity contribution in [2.45, 2.75) is 13.0 Å². The number of hydrogen-bond donors (Lipinski definition) is 0. The molecule has 0 fully saturated rings. The first-order valence-corrected chi connectivity index (χ1v) is 7.84. The van der Waals surface area contributed by atoms with Crippen LogP contribution in [0.3, 0.4) is 0 Å². The molecule has 0 aliphatic heterocycles. The Morgan fingerprint density at radius 2 is 1.50 bits per heavy atom. The van der Waals surface area contributed by atoms with Crippen molar-refractivity contribution in [3.8, 4) is 5.75 Å². The van der Waals surface area contributed by atoms with Crippen LogP contribution in [-0.2, 0) is 13.0 Å². The van der Waals surface area contributed by atoms with E-state index in [1.807, 2.05) is 6.07 Å². The van der Waals surface area contributed by atoms with E-state index < -0.39 is 0 Å². The van der Waals surface area contributed by atoms with Gasteiger partial charge in [-0.3, -0.25) is 4.79 Å². The van der Waals surface area contributed by atoms with Crippen LogP contribution in [0, 0.1) is 11.6 Å². The monoisotopic (exact) mass is 374 g/mol. The van der Waals surface area contributed by atoms with Gasteiger partial charge in [-0.15, -0.1) is 12.4 Å². The Labute approximate surface area is 156 Å². The summed E-state index contributed by atoms with van der Waals surface area (Å²) in [5.41, 5.74) is 2.77. The van der Waals surface area contributed by atoms with Gasteiger partial charge in [-0.2, -0.15) is 0 Å². The predicted octanol–water partition coefficient (Wildman–Crippen LogP) is 5.37. The topological polar surface area (TPSA) is 26.3 Å². The predicted molar refractivity (Wildman–Crippen MR) is 99.0 cm³/mol. The molecule has 3 aromatic carbocycles. The van der Waals surface area contributed by atoms with Crippen LogP contribution >= 0.6 is 12.4 Å². The molecule has 26 heavy (non-hydrogen) atoms. The van der Waals surface area contributed by atoms with Crippen LogP contribution in [0.25, 0.3) is 0 Å². The van der Waals surface area contributed by atoms with Crippen LogP contribution in [0.5, 0.6) is 5.75 Å². The number of hydrogen-bond acceptors (Lipinski definition) is 2. The molecule has 0 aliphatic carbocycles. The lowest BCUT2D eigenvalue weighted by molar-refractivity contribution is 0.112. The van der Waals surface area contributed by atoms with E-state index in [4.69, 9.17) is 4.74 Å². The minimum absolute atomic E-state index is 0. The Morgan fingerprint density at radius 1 is 0.846 bits per heavy atom. The molecule has 0 atom stereocenters. The van der Waals surface area contributed by atoms with E-state index >= 15 is 0 Å². The van der Waals surface area contributed by atoms with E-state index in [-0.39, 0.29) is 30.6 Å². The third-order valence-electron chi connectivity index (χ3n) is 3.79. The highest BCUT2D eigenvalue weighted by Gasteiger charge is 2.08. The molecule has 0 radical (unpaired) electrons. The van der Waals surface area contributed by atoms with Crippen LogP contribution < -0.4 is 4.74 Å². The summed E-state index contributed by atoms with van der Waals surface area (Å²) in [5, 5.41) is 0. The first kappa shape index (κ1) is 19.6. The first-order chi connectivity index (χ1) is 12.1. The van der Waals surface area contributed by atoms with E-state index in [2.05, 4.69) is 0 Å². The molecule has 134 valence electrons. The maximum Gasteiger partial charge on any atom is 0.150 e. The summed E-state index contributed by atoms with van der Waals surface area (Å²) in [6.45, 7) is 0.203. The fraction of sp³-hybridized carbons (Fsp3) is 0.0952. The van der Waals surface area contributed by atoms with Crippen molar-refractivity contribution < 1.29 is 18.3 Å². The van der Waals surface area contributed by atoms with E-state index in [1.165, 1.54) is 24.3 Å². The van der Waals surface area contributed by atoms with Crippen LogP contribution in [0.1, 0.15) is 27.0 Å². The van der Waals surface area contributed by atoms with Gasteiger partial charge in [0.05, 0.1) is 0 Å². The number of halogens is 3. The van der Waals surface area contributed by atoms with Crippen molar-refractivity contribution in [2.24, 2.45) is 0 Å². The summed E-state index contributed by atoms with van der Waals surface area (Å²) in [7, 11) is 0. The van der Waals surface area contributed by atoms with E-state index in [0.717, 1.165) is 17.4 Å². The molecule has 0 heterocycles. The van der Waals surface area contributed by atoms with Crippen molar-refractivity contribution >= 4 is 18.7 Å². The van der Waals surface area contributed by atoms with Gasteiger partial charge in [0.25, 0.3) is 0 Å². The SMILES string of the molecule is Cl.O=Cc1ccc(OCc2cccc(F)c2)c(Cc2cccc(F)c2)c1. The van der Waals surface area contributed by atoms with Gasteiger partial charge in [0, 0.05) is 12.0 Å². The van der Waals surface area contributed by atoms with Crippen molar-refractivity contribution in [1.82, 2.24) is 0 Å². The highest BCUT2D eigenvalue weighted by molar-refractivity contribution is 5.85. The fourth-order valence-corrected chi connectivity index (χ4v) is 2.61. The number of rotatable bonds is 6. The lowest BCUT2D eigenvalue weighted by Crippen LogP contribution is -2.01. The standard InChI is InChI=1S/C21H16F2O2.ClH/c22-19-5-1-3-15(11-19)9-18-10-16(13-24)7-8-21(18)25-14-17-4-2-6-20(23)12-17;/h1-8,10-13H,9,14H2;1H. The molecule has 2 nitrogen and oxygen atoms in total. The second-order valence-electron chi connectivity index (χ2n) is 5.71. The molecule has 0 saturated heterocycles. The van der Waals surface area contributed by atoms with Crippen molar-refractivity contribution in [1.29, 1.82) is 0 Å².